The second kappa shape index (κ2) is 6.48. The molecular formula is C17H24N2O2. The Labute approximate surface area is 126 Å². The maximum Gasteiger partial charge on any atom is 0.234 e. The summed E-state index contributed by atoms with van der Waals surface area (Å²) in [7, 11) is 0. The summed E-state index contributed by atoms with van der Waals surface area (Å²) in [5, 5.41) is 0. The maximum absolute atomic E-state index is 11.8. The van der Waals surface area contributed by atoms with E-state index in [0.29, 0.717) is 12.5 Å². The molecule has 2 atom stereocenters. The minimum Gasteiger partial charge on any atom is -0.489 e. The fourth-order valence-electron chi connectivity index (χ4n) is 3.69. The number of nitrogens with zero attached hydrogens (tertiary/aromatic N) is 1. The quantitative estimate of drug-likeness (QED) is 0.925. The molecule has 0 spiro atoms. The number of carbonyl (C=O) groups is 1. The fraction of sp³-hybridized carbons (Fsp3) is 0.588. The van der Waals surface area contributed by atoms with Crippen LogP contribution in [0.25, 0.3) is 0 Å². The van der Waals surface area contributed by atoms with Crippen molar-refractivity contribution in [3.63, 3.8) is 0 Å². The third kappa shape index (κ3) is 3.38. The van der Waals surface area contributed by atoms with Gasteiger partial charge >= 0.3 is 0 Å². The number of hydrogen-bond donors (Lipinski definition) is 1. The number of likely N-dealkylation sites (tertiary alicyclic amines) is 1. The Balaban J connectivity index is 1.67. The Morgan fingerprint density at radius 2 is 1.86 bits per heavy atom. The molecule has 1 heterocycles. The van der Waals surface area contributed by atoms with E-state index < -0.39 is 0 Å². The minimum atomic E-state index is -0.209. The van der Waals surface area contributed by atoms with Crippen molar-refractivity contribution in [2.45, 2.75) is 56.7 Å². The maximum atomic E-state index is 11.8. The van der Waals surface area contributed by atoms with E-state index in [-0.39, 0.29) is 18.1 Å². The van der Waals surface area contributed by atoms with Crippen LogP contribution in [0.2, 0.25) is 0 Å². The summed E-state index contributed by atoms with van der Waals surface area (Å²) in [5.41, 5.74) is 5.61. The molecule has 2 aliphatic rings. The van der Waals surface area contributed by atoms with Gasteiger partial charge in [0.25, 0.3) is 0 Å². The fourth-order valence-corrected chi connectivity index (χ4v) is 3.69. The van der Waals surface area contributed by atoms with Crippen molar-refractivity contribution >= 4 is 5.91 Å². The molecule has 1 aromatic rings. The normalized spacial score (nSPS) is 27.6. The number of hydrogen-bond acceptors (Lipinski definition) is 3. The lowest BCUT2D eigenvalue weighted by atomic mass is 9.93. The first kappa shape index (κ1) is 14.4. The van der Waals surface area contributed by atoms with Gasteiger partial charge in [0.2, 0.25) is 5.91 Å². The first-order chi connectivity index (χ1) is 10.2. The topological polar surface area (TPSA) is 55.6 Å². The van der Waals surface area contributed by atoms with Crippen molar-refractivity contribution in [3.05, 3.63) is 30.3 Å². The third-order valence-electron chi connectivity index (χ3n) is 4.72. The highest BCUT2D eigenvalue weighted by molar-refractivity contribution is 5.80. The average molecular weight is 288 g/mol. The molecule has 0 bridgehead atoms. The van der Waals surface area contributed by atoms with Crippen molar-refractivity contribution in [1.82, 2.24) is 4.90 Å². The lowest BCUT2D eigenvalue weighted by Gasteiger charge is -2.34. The number of para-hydroxylation sites is 1. The van der Waals surface area contributed by atoms with E-state index in [1.54, 1.807) is 0 Å². The molecule has 3 rings (SSSR count). The van der Waals surface area contributed by atoms with Gasteiger partial charge in [0.05, 0.1) is 6.04 Å². The second-order valence-electron chi connectivity index (χ2n) is 6.20. The zero-order valence-electron chi connectivity index (χ0n) is 12.4. The zero-order valence-corrected chi connectivity index (χ0v) is 12.4. The summed E-state index contributed by atoms with van der Waals surface area (Å²) in [5.74, 6) is 0.663. The molecule has 2 N–H and O–H groups in total. The molecule has 1 aromatic carbocycles. The molecule has 114 valence electrons. The van der Waals surface area contributed by atoms with Gasteiger partial charge in [0, 0.05) is 19.0 Å². The zero-order chi connectivity index (χ0) is 14.7. The summed E-state index contributed by atoms with van der Waals surface area (Å²) >= 11 is 0. The van der Waals surface area contributed by atoms with Crippen LogP contribution in [-0.4, -0.2) is 35.5 Å². The number of primary amides is 1. The number of ether oxygens (including phenoxy) is 1. The van der Waals surface area contributed by atoms with Gasteiger partial charge in [0.1, 0.15) is 11.9 Å². The predicted molar refractivity (Wildman–Crippen MR) is 82.0 cm³/mol. The summed E-state index contributed by atoms with van der Waals surface area (Å²) in [4.78, 5) is 14.1. The van der Waals surface area contributed by atoms with Gasteiger partial charge in [-0.25, -0.2) is 0 Å². The highest BCUT2D eigenvalue weighted by Gasteiger charge is 2.40. The summed E-state index contributed by atoms with van der Waals surface area (Å²) < 4.78 is 6.03. The first-order valence-electron chi connectivity index (χ1n) is 8.01. The van der Waals surface area contributed by atoms with Gasteiger partial charge in [-0.2, -0.15) is 0 Å². The summed E-state index contributed by atoms with van der Waals surface area (Å²) in [6.45, 7) is 0.813. The summed E-state index contributed by atoms with van der Waals surface area (Å²) in [6.07, 6.45) is 6.97. The smallest absolute Gasteiger partial charge is 0.234 e. The van der Waals surface area contributed by atoms with E-state index >= 15 is 0 Å². The number of amides is 1. The van der Waals surface area contributed by atoms with Gasteiger partial charge < -0.3 is 10.5 Å². The third-order valence-corrected chi connectivity index (χ3v) is 4.72. The van der Waals surface area contributed by atoms with Crippen LogP contribution in [0.3, 0.4) is 0 Å². The molecule has 1 aliphatic heterocycles. The SMILES string of the molecule is NC(=O)[C@@H]1C[C@H](Oc2ccccc2)CN1C1CCCCC1. The molecule has 0 radical (unpaired) electrons. The molecule has 1 amide bonds. The van der Waals surface area contributed by atoms with Crippen LogP contribution >= 0.6 is 0 Å². The molecule has 4 heteroatoms. The monoisotopic (exact) mass is 288 g/mol. The molecule has 2 fully saturated rings. The Morgan fingerprint density at radius 1 is 1.14 bits per heavy atom. The number of benzene rings is 1. The van der Waals surface area contributed by atoms with Gasteiger partial charge in [-0.15, -0.1) is 0 Å². The van der Waals surface area contributed by atoms with E-state index in [2.05, 4.69) is 4.90 Å². The highest BCUT2D eigenvalue weighted by Crippen LogP contribution is 2.30. The van der Waals surface area contributed by atoms with E-state index in [0.717, 1.165) is 12.3 Å². The minimum absolute atomic E-state index is 0.0619. The summed E-state index contributed by atoms with van der Waals surface area (Å²) in [6, 6.07) is 10.2. The van der Waals surface area contributed by atoms with Gasteiger partial charge in [-0.1, -0.05) is 37.5 Å². The number of rotatable bonds is 4. The molecular weight excluding hydrogens is 264 g/mol. The molecule has 0 aromatic heterocycles. The Morgan fingerprint density at radius 3 is 2.52 bits per heavy atom. The van der Waals surface area contributed by atoms with Crippen molar-refractivity contribution in [2.75, 3.05) is 6.54 Å². The van der Waals surface area contributed by atoms with Gasteiger partial charge in [0.15, 0.2) is 0 Å². The van der Waals surface area contributed by atoms with E-state index in [1.165, 1.54) is 32.1 Å². The highest BCUT2D eigenvalue weighted by atomic mass is 16.5. The van der Waals surface area contributed by atoms with Crippen LogP contribution in [0.15, 0.2) is 30.3 Å². The Hall–Kier alpha value is -1.55. The Bertz CT molecular complexity index is 471. The van der Waals surface area contributed by atoms with Crippen molar-refractivity contribution in [2.24, 2.45) is 5.73 Å². The van der Waals surface area contributed by atoms with Gasteiger partial charge in [-0.3, -0.25) is 9.69 Å². The number of carbonyl (C=O) groups excluding carboxylic acids is 1. The predicted octanol–water partition coefficient (Wildman–Crippen LogP) is 2.33. The van der Waals surface area contributed by atoms with Gasteiger partial charge in [-0.05, 0) is 25.0 Å². The van der Waals surface area contributed by atoms with E-state index in [4.69, 9.17) is 10.5 Å². The van der Waals surface area contributed by atoms with Crippen LogP contribution in [0.5, 0.6) is 5.75 Å². The van der Waals surface area contributed by atoms with Crippen LogP contribution in [-0.2, 0) is 4.79 Å². The largest absolute Gasteiger partial charge is 0.489 e. The average Bonchev–Trinajstić information content (AvgIpc) is 2.93. The molecule has 0 unspecified atom stereocenters. The van der Waals surface area contributed by atoms with Crippen molar-refractivity contribution < 1.29 is 9.53 Å². The molecule has 21 heavy (non-hydrogen) atoms. The Kier molecular flexibility index (Phi) is 4.44. The van der Waals surface area contributed by atoms with E-state index in [1.807, 2.05) is 30.3 Å². The molecule has 1 aliphatic carbocycles. The first-order valence-corrected chi connectivity index (χ1v) is 8.01. The standard InChI is InChI=1S/C17H24N2O2/c18-17(20)16-11-15(21-14-9-5-2-6-10-14)12-19(16)13-7-3-1-4-8-13/h2,5-6,9-10,13,15-16H,1,3-4,7-8,11-12H2,(H2,18,20)/t15-,16-/m0/s1. The van der Waals surface area contributed by atoms with Crippen LogP contribution in [0.1, 0.15) is 38.5 Å². The second-order valence-corrected chi connectivity index (χ2v) is 6.20. The van der Waals surface area contributed by atoms with E-state index in [9.17, 15) is 4.79 Å². The lowest BCUT2D eigenvalue weighted by Crippen LogP contribution is -2.46. The molecule has 4 nitrogen and oxygen atoms in total. The van der Waals surface area contributed by atoms with Crippen molar-refractivity contribution in [1.29, 1.82) is 0 Å². The molecule has 1 saturated heterocycles. The van der Waals surface area contributed by atoms with Crippen molar-refractivity contribution in [3.8, 4) is 5.75 Å². The number of nitrogens with two attached hydrogens (primary N) is 1. The lowest BCUT2D eigenvalue weighted by molar-refractivity contribution is -0.123. The van der Waals surface area contributed by atoms with Crippen LogP contribution < -0.4 is 10.5 Å². The van der Waals surface area contributed by atoms with Crippen LogP contribution in [0, 0.1) is 0 Å². The van der Waals surface area contributed by atoms with Crippen LogP contribution in [0.4, 0.5) is 0 Å². The molecule has 1 saturated carbocycles.